The van der Waals surface area contributed by atoms with Crippen molar-refractivity contribution in [3.8, 4) is 6.01 Å². The van der Waals surface area contributed by atoms with Gasteiger partial charge in [0.05, 0.1) is 36.2 Å². The minimum absolute atomic E-state index is 0.398. The first-order valence-corrected chi connectivity index (χ1v) is 11.4. The fourth-order valence-corrected chi connectivity index (χ4v) is 4.86. The summed E-state index contributed by atoms with van der Waals surface area (Å²) >= 11 is 0. The van der Waals surface area contributed by atoms with Crippen molar-refractivity contribution in [3.63, 3.8) is 0 Å². The van der Waals surface area contributed by atoms with Crippen LogP contribution in [0.3, 0.4) is 0 Å². The fraction of sp³-hybridized carbons (Fsp3) is 0.522. The molecule has 0 spiro atoms. The topological polar surface area (TPSA) is 96.2 Å². The fourth-order valence-electron chi connectivity index (χ4n) is 4.86. The Hall–Kier alpha value is -2.87. The van der Waals surface area contributed by atoms with Gasteiger partial charge in [0.25, 0.3) is 0 Å². The maximum atomic E-state index is 6.28. The third-order valence-corrected chi connectivity index (χ3v) is 6.49. The van der Waals surface area contributed by atoms with Gasteiger partial charge in [-0.25, -0.2) is 0 Å². The number of nitrogens with one attached hydrogen (secondary N) is 1. The Bertz CT molecular complexity index is 1060. The highest BCUT2D eigenvalue weighted by Gasteiger charge is 2.24. The molecule has 1 fully saturated rings. The molecular formula is C23H31N7O. The SMILES string of the molecule is Cc1ccc2[nH]ncc2c1N1CCc2c(N)nc(OCCCN3CCCCC3)nc2C1. The third-order valence-electron chi connectivity index (χ3n) is 6.49. The Morgan fingerprint density at radius 3 is 2.87 bits per heavy atom. The van der Waals surface area contributed by atoms with Crippen LogP contribution in [-0.4, -0.2) is 57.9 Å². The van der Waals surface area contributed by atoms with E-state index in [1.54, 1.807) is 0 Å². The monoisotopic (exact) mass is 421 g/mol. The van der Waals surface area contributed by atoms with Crippen LogP contribution in [0.1, 0.15) is 42.5 Å². The van der Waals surface area contributed by atoms with Gasteiger partial charge >= 0.3 is 6.01 Å². The number of H-pyrrole nitrogens is 1. The van der Waals surface area contributed by atoms with Gasteiger partial charge in [-0.3, -0.25) is 5.10 Å². The molecule has 0 unspecified atom stereocenters. The molecule has 5 rings (SSSR count). The lowest BCUT2D eigenvalue weighted by atomic mass is 10.0. The summed E-state index contributed by atoms with van der Waals surface area (Å²) in [6.07, 6.45) is 7.69. The Morgan fingerprint density at radius 1 is 1.13 bits per heavy atom. The molecule has 0 amide bonds. The van der Waals surface area contributed by atoms with Crippen molar-refractivity contribution in [1.82, 2.24) is 25.1 Å². The molecule has 0 saturated carbocycles. The summed E-state index contributed by atoms with van der Waals surface area (Å²) < 4.78 is 5.90. The van der Waals surface area contributed by atoms with E-state index in [2.05, 4.69) is 44.0 Å². The highest BCUT2D eigenvalue weighted by atomic mass is 16.5. The number of aryl methyl sites for hydroxylation is 1. The standard InChI is InChI=1S/C23H31N7O/c1-16-6-7-19-18(14-25-28-19)21(16)30-12-8-17-20(15-30)26-23(27-22(17)24)31-13-5-11-29-9-3-2-4-10-29/h6-7,14H,2-5,8-13,15H2,1H3,(H,25,28)(H2,24,26,27). The summed E-state index contributed by atoms with van der Waals surface area (Å²) in [5, 5.41) is 8.43. The third kappa shape index (κ3) is 4.17. The smallest absolute Gasteiger partial charge is 0.318 e. The Kier molecular flexibility index (Phi) is 5.63. The number of hydrogen-bond acceptors (Lipinski definition) is 7. The van der Waals surface area contributed by atoms with E-state index in [1.807, 2.05) is 6.20 Å². The quantitative estimate of drug-likeness (QED) is 0.591. The number of aromatic nitrogens is 4. The molecule has 8 nitrogen and oxygen atoms in total. The van der Waals surface area contributed by atoms with Gasteiger partial charge in [-0.15, -0.1) is 0 Å². The van der Waals surface area contributed by atoms with Crippen molar-refractivity contribution in [3.05, 3.63) is 35.2 Å². The van der Waals surface area contributed by atoms with Crippen LogP contribution < -0.4 is 15.4 Å². The first-order valence-electron chi connectivity index (χ1n) is 11.4. The van der Waals surface area contributed by atoms with E-state index in [0.717, 1.165) is 48.1 Å². The van der Waals surface area contributed by atoms with Crippen molar-refractivity contribution >= 4 is 22.4 Å². The van der Waals surface area contributed by atoms with E-state index in [0.29, 0.717) is 25.0 Å². The maximum Gasteiger partial charge on any atom is 0.318 e. The molecule has 1 saturated heterocycles. The van der Waals surface area contributed by atoms with Crippen LogP contribution in [0.25, 0.3) is 10.9 Å². The van der Waals surface area contributed by atoms with Gasteiger partial charge in [0, 0.05) is 24.0 Å². The molecule has 164 valence electrons. The second-order valence-corrected chi connectivity index (χ2v) is 8.65. The lowest BCUT2D eigenvalue weighted by Crippen LogP contribution is -2.33. The summed E-state index contributed by atoms with van der Waals surface area (Å²) in [5.41, 5.74) is 11.8. The number of anilines is 2. The minimum Gasteiger partial charge on any atom is -0.463 e. The average Bonchev–Trinajstić information content (AvgIpc) is 3.26. The molecule has 0 radical (unpaired) electrons. The molecule has 8 heteroatoms. The molecule has 0 bridgehead atoms. The van der Waals surface area contributed by atoms with Gasteiger partial charge in [-0.05, 0) is 57.3 Å². The Morgan fingerprint density at radius 2 is 2.00 bits per heavy atom. The van der Waals surface area contributed by atoms with Crippen LogP contribution in [-0.2, 0) is 13.0 Å². The zero-order valence-corrected chi connectivity index (χ0v) is 18.2. The number of fused-ring (bicyclic) bond motifs is 2. The van der Waals surface area contributed by atoms with Crippen LogP contribution in [0.15, 0.2) is 18.3 Å². The number of hydrogen-bond donors (Lipinski definition) is 2. The molecule has 2 aliphatic heterocycles. The zero-order chi connectivity index (χ0) is 21.2. The summed E-state index contributed by atoms with van der Waals surface area (Å²) in [4.78, 5) is 14.0. The number of aromatic amines is 1. The molecule has 3 aromatic rings. The van der Waals surface area contributed by atoms with E-state index < -0.39 is 0 Å². The number of nitrogens with zero attached hydrogens (tertiary/aromatic N) is 5. The summed E-state index contributed by atoms with van der Waals surface area (Å²) in [6.45, 7) is 7.82. The molecule has 0 aliphatic carbocycles. The lowest BCUT2D eigenvalue weighted by Gasteiger charge is -2.32. The predicted octanol–water partition coefficient (Wildman–Crippen LogP) is 3.06. The maximum absolute atomic E-state index is 6.28. The lowest BCUT2D eigenvalue weighted by molar-refractivity contribution is 0.200. The van der Waals surface area contributed by atoms with Crippen molar-refractivity contribution in [2.45, 2.75) is 45.6 Å². The number of piperidine rings is 1. The first-order chi connectivity index (χ1) is 15.2. The van der Waals surface area contributed by atoms with Gasteiger partial charge in [0.1, 0.15) is 5.82 Å². The van der Waals surface area contributed by atoms with E-state index >= 15 is 0 Å². The molecule has 31 heavy (non-hydrogen) atoms. The molecular weight excluding hydrogens is 390 g/mol. The van der Waals surface area contributed by atoms with Crippen molar-refractivity contribution < 1.29 is 4.74 Å². The normalized spacial score (nSPS) is 17.1. The van der Waals surface area contributed by atoms with Gasteiger partial charge < -0.3 is 20.3 Å². The van der Waals surface area contributed by atoms with Gasteiger partial charge in [0.2, 0.25) is 0 Å². The number of benzene rings is 1. The first kappa shape index (κ1) is 20.1. The van der Waals surface area contributed by atoms with E-state index in [-0.39, 0.29) is 0 Å². The zero-order valence-electron chi connectivity index (χ0n) is 18.2. The largest absolute Gasteiger partial charge is 0.463 e. The van der Waals surface area contributed by atoms with Gasteiger partial charge in [-0.1, -0.05) is 12.5 Å². The highest BCUT2D eigenvalue weighted by molar-refractivity contribution is 5.93. The molecule has 4 heterocycles. The van der Waals surface area contributed by atoms with E-state index in [9.17, 15) is 0 Å². The molecule has 2 aliphatic rings. The predicted molar refractivity (Wildman–Crippen MR) is 122 cm³/mol. The average molecular weight is 422 g/mol. The summed E-state index contributed by atoms with van der Waals surface area (Å²) in [5.74, 6) is 0.550. The molecule has 0 atom stereocenters. The van der Waals surface area contributed by atoms with Gasteiger partial charge in [-0.2, -0.15) is 15.1 Å². The van der Waals surface area contributed by atoms with Gasteiger partial charge in [0.15, 0.2) is 0 Å². The second kappa shape index (κ2) is 8.70. The number of ether oxygens (including phenoxy) is 1. The van der Waals surface area contributed by atoms with Crippen LogP contribution in [0, 0.1) is 6.92 Å². The Labute approximate surface area is 182 Å². The van der Waals surface area contributed by atoms with E-state index in [1.165, 1.54) is 43.6 Å². The summed E-state index contributed by atoms with van der Waals surface area (Å²) in [6, 6.07) is 4.61. The van der Waals surface area contributed by atoms with Crippen LogP contribution in [0.4, 0.5) is 11.5 Å². The number of nitrogens with two attached hydrogens (primary N) is 1. The van der Waals surface area contributed by atoms with Crippen LogP contribution in [0.2, 0.25) is 0 Å². The highest BCUT2D eigenvalue weighted by Crippen LogP contribution is 2.34. The number of rotatable bonds is 6. The van der Waals surface area contributed by atoms with Crippen molar-refractivity contribution in [2.24, 2.45) is 0 Å². The minimum atomic E-state index is 0.398. The van der Waals surface area contributed by atoms with Crippen LogP contribution in [0.5, 0.6) is 6.01 Å². The Balaban J connectivity index is 1.28. The van der Waals surface area contributed by atoms with Crippen LogP contribution >= 0.6 is 0 Å². The molecule has 1 aromatic carbocycles. The number of nitrogen functional groups attached to an aromatic ring is 1. The van der Waals surface area contributed by atoms with Crippen molar-refractivity contribution in [1.29, 1.82) is 0 Å². The summed E-state index contributed by atoms with van der Waals surface area (Å²) in [7, 11) is 0. The molecule has 2 aromatic heterocycles. The number of likely N-dealkylation sites (tertiary alicyclic amines) is 1. The molecule has 3 N–H and O–H groups in total. The van der Waals surface area contributed by atoms with E-state index in [4.69, 9.17) is 15.5 Å². The second-order valence-electron chi connectivity index (χ2n) is 8.65. The van der Waals surface area contributed by atoms with Crippen molar-refractivity contribution in [2.75, 3.05) is 43.4 Å².